The quantitative estimate of drug-likeness (QED) is 0.932. The van der Waals surface area contributed by atoms with Crippen LogP contribution in [0.15, 0.2) is 36.5 Å². The van der Waals surface area contributed by atoms with Crippen molar-refractivity contribution in [2.45, 2.75) is 44.6 Å². The van der Waals surface area contributed by atoms with Crippen LogP contribution in [0.25, 0.3) is 0 Å². The first-order chi connectivity index (χ1) is 12.3. The van der Waals surface area contributed by atoms with Gasteiger partial charge in [-0.05, 0) is 60.9 Å². The summed E-state index contributed by atoms with van der Waals surface area (Å²) in [5.41, 5.74) is 4.06. The Morgan fingerprint density at radius 1 is 1.16 bits per heavy atom. The van der Waals surface area contributed by atoms with Gasteiger partial charge in [0, 0.05) is 25.3 Å². The lowest BCUT2D eigenvalue weighted by molar-refractivity contribution is -0.131. The second-order valence-electron chi connectivity index (χ2n) is 7.04. The second kappa shape index (κ2) is 7.21. The Morgan fingerprint density at radius 3 is 2.80 bits per heavy atom. The molecule has 2 heterocycles. The van der Waals surface area contributed by atoms with Crippen LogP contribution in [0.3, 0.4) is 0 Å². The van der Waals surface area contributed by atoms with E-state index in [1.165, 1.54) is 24.0 Å². The molecule has 5 nitrogen and oxygen atoms in total. The van der Waals surface area contributed by atoms with E-state index in [-0.39, 0.29) is 5.91 Å². The molecule has 1 amide bonds. The van der Waals surface area contributed by atoms with E-state index in [2.05, 4.69) is 33.7 Å². The Labute approximate surface area is 148 Å². The lowest BCUT2D eigenvalue weighted by atomic mass is 10.0. The molecule has 2 aliphatic rings. The first-order valence-corrected chi connectivity index (χ1v) is 9.20. The van der Waals surface area contributed by atoms with Crippen LogP contribution in [-0.2, 0) is 24.1 Å². The third-order valence-electron chi connectivity index (χ3n) is 5.29. The van der Waals surface area contributed by atoms with E-state index in [4.69, 9.17) is 0 Å². The Hall–Kier alpha value is -2.43. The van der Waals surface area contributed by atoms with Crippen molar-refractivity contribution in [1.29, 1.82) is 0 Å². The molecule has 4 rings (SSSR count). The number of nitrogens with zero attached hydrogens (tertiary/aromatic N) is 3. The Kier molecular flexibility index (Phi) is 4.63. The minimum atomic E-state index is 0.246. The molecule has 25 heavy (non-hydrogen) atoms. The third kappa shape index (κ3) is 3.81. The normalized spacial score (nSPS) is 17.4. The Morgan fingerprint density at radius 2 is 2.00 bits per heavy atom. The van der Waals surface area contributed by atoms with Gasteiger partial charge in [0.15, 0.2) is 0 Å². The van der Waals surface area contributed by atoms with E-state index >= 15 is 0 Å². The number of aromatic nitrogens is 2. The van der Waals surface area contributed by atoms with Crippen LogP contribution < -0.4 is 5.32 Å². The van der Waals surface area contributed by atoms with Gasteiger partial charge in [-0.1, -0.05) is 18.2 Å². The average Bonchev–Trinajstić information content (AvgIpc) is 3.11. The number of aryl methyl sites for hydroxylation is 2. The number of anilines is 1. The van der Waals surface area contributed by atoms with Crippen LogP contribution in [0, 0.1) is 0 Å². The summed E-state index contributed by atoms with van der Waals surface area (Å²) in [6.45, 7) is 1.61. The molecule has 0 saturated carbocycles. The third-order valence-corrected chi connectivity index (χ3v) is 5.29. The molecule has 1 aliphatic carbocycles. The molecule has 1 fully saturated rings. The van der Waals surface area contributed by atoms with Gasteiger partial charge >= 0.3 is 0 Å². The number of hydrogen-bond acceptors (Lipinski definition) is 4. The maximum Gasteiger partial charge on any atom is 0.226 e. The fourth-order valence-electron chi connectivity index (χ4n) is 3.88. The fourth-order valence-corrected chi connectivity index (χ4v) is 3.88. The zero-order valence-electron chi connectivity index (χ0n) is 14.4. The summed E-state index contributed by atoms with van der Waals surface area (Å²) in [5.74, 6) is 1.06. The molecule has 1 aromatic carbocycles. The molecule has 130 valence electrons. The van der Waals surface area contributed by atoms with Crippen LogP contribution in [-0.4, -0.2) is 40.1 Å². The van der Waals surface area contributed by atoms with E-state index in [1.54, 1.807) is 6.20 Å². The molecule has 5 heteroatoms. The van der Waals surface area contributed by atoms with Gasteiger partial charge in [-0.2, -0.15) is 5.10 Å². The number of piperidine rings is 1. The van der Waals surface area contributed by atoms with Crippen molar-refractivity contribution in [3.63, 3.8) is 0 Å². The van der Waals surface area contributed by atoms with E-state index in [1.807, 2.05) is 17.0 Å². The minimum Gasteiger partial charge on any atom is -0.366 e. The smallest absolute Gasteiger partial charge is 0.226 e. The second-order valence-corrected chi connectivity index (χ2v) is 7.04. The van der Waals surface area contributed by atoms with Gasteiger partial charge in [0.05, 0.1) is 6.42 Å². The van der Waals surface area contributed by atoms with Crippen molar-refractivity contribution in [3.8, 4) is 0 Å². The number of rotatable bonds is 4. The molecule has 0 atom stereocenters. The largest absolute Gasteiger partial charge is 0.366 e. The SMILES string of the molecule is O=C(Cc1ccc2c(c1)CCC2)N1CCC(Nc2cccnn2)CC1. The number of amides is 1. The molecule has 1 N–H and O–H groups in total. The van der Waals surface area contributed by atoms with Crippen molar-refractivity contribution in [2.24, 2.45) is 0 Å². The molecule has 2 aromatic rings. The zero-order valence-corrected chi connectivity index (χ0v) is 14.4. The number of fused-ring (bicyclic) bond motifs is 1. The molecule has 1 saturated heterocycles. The number of benzene rings is 1. The van der Waals surface area contributed by atoms with Crippen LogP contribution in [0.4, 0.5) is 5.82 Å². The molecule has 0 bridgehead atoms. The molecule has 1 aromatic heterocycles. The van der Waals surface area contributed by atoms with Gasteiger partial charge in [-0.3, -0.25) is 4.79 Å². The molecular formula is C20H24N4O. The number of nitrogens with one attached hydrogen (secondary N) is 1. The highest BCUT2D eigenvalue weighted by molar-refractivity contribution is 5.79. The summed E-state index contributed by atoms with van der Waals surface area (Å²) >= 11 is 0. The van der Waals surface area contributed by atoms with Gasteiger partial charge in [0.2, 0.25) is 5.91 Å². The zero-order chi connectivity index (χ0) is 17.1. The van der Waals surface area contributed by atoms with E-state index in [9.17, 15) is 4.79 Å². The first-order valence-electron chi connectivity index (χ1n) is 9.20. The molecule has 0 unspecified atom stereocenters. The number of likely N-dealkylation sites (tertiary alicyclic amines) is 1. The minimum absolute atomic E-state index is 0.246. The summed E-state index contributed by atoms with van der Waals surface area (Å²) in [6, 6.07) is 10.7. The van der Waals surface area contributed by atoms with Crippen molar-refractivity contribution in [2.75, 3.05) is 18.4 Å². The van der Waals surface area contributed by atoms with Gasteiger partial charge in [-0.25, -0.2) is 0 Å². The molecular weight excluding hydrogens is 312 g/mol. The predicted molar refractivity (Wildman–Crippen MR) is 97.4 cm³/mol. The summed E-state index contributed by atoms with van der Waals surface area (Å²) < 4.78 is 0. The number of carbonyl (C=O) groups excluding carboxylic acids is 1. The summed E-state index contributed by atoms with van der Waals surface area (Å²) in [6.07, 6.45) is 7.70. The van der Waals surface area contributed by atoms with Crippen LogP contribution in [0.1, 0.15) is 36.0 Å². The molecule has 0 radical (unpaired) electrons. The van der Waals surface area contributed by atoms with Crippen molar-refractivity contribution < 1.29 is 4.79 Å². The van der Waals surface area contributed by atoms with Gasteiger partial charge < -0.3 is 10.2 Å². The van der Waals surface area contributed by atoms with Crippen LogP contribution in [0.2, 0.25) is 0 Å². The summed E-state index contributed by atoms with van der Waals surface area (Å²) in [5, 5.41) is 11.4. The highest BCUT2D eigenvalue weighted by Gasteiger charge is 2.23. The summed E-state index contributed by atoms with van der Waals surface area (Å²) in [7, 11) is 0. The van der Waals surface area contributed by atoms with Gasteiger partial charge in [0.1, 0.15) is 5.82 Å². The molecule has 0 spiro atoms. The fraction of sp³-hybridized carbons (Fsp3) is 0.450. The Bertz CT molecular complexity index is 739. The lowest BCUT2D eigenvalue weighted by Gasteiger charge is -2.32. The maximum absolute atomic E-state index is 12.6. The lowest BCUT2D eigenvalue weighted by Crippen LogP contribution is -2.43. The highest BCUT2D eigenvalue weighted by atomic mass is 16.2. The van der Waals surface area contributed by atoms with Crippen LogP contribution >= 0.6 is 0 Å². The predicted octanol–water partition coefficient (Wildman–Crippen LogP) is 2.61. The Balaban J connectivity index is 1.29. The van der Waals surface area contributed by atoms with E-state index in [0.29, 0.717) is 12.5 Å². The van der Waals surface area contributed by atoms with Gasteiger partial charge in [-0.15, -0.1) is 5.10 Å². The molecule has 1 aliphatic heterocycles. The standard InChI is InChI=1S/C20H24N4O/c25-20(14-15-6-7-16-3-1-4-17(16)13-15)24-11-8-18(9-12-24)22-19-5-2-10-21-23-19/h2,5-7,10,13,18H,1,3-4,8-9,11-12,14H2,(H,22,23). The monoisotopic (exact) mass is 336 g/mol. The highest BCUT2D eigenvalue weighted by Crippen LogP contribution is 2.23. The van der Waals surface area contributed by atoms with Crippen molar-refractivity contribution >= 4 is 11.7 Å². The first kappa shape index (κ1) is 16.1. The summed E-state index contributed by atoms with van der Waals surface area (Å²) in [4.78, 5) is 14.6. The average molecular weight is 336 g/mol. The van der Waals surface area contributed by atoms with Crippen LogP contribution in [0.5, 0.6) is 0 Å². The maximum atomic E-state index is 12.6. The number of hydrogen-bond donors (Lipinski definition) is 1. The van der Waals surface area contributed by atoms with E-state index in [0.717, 1.165) is 43.7 Å². The number of carbonyl (C=O) groups is 1. The van der Waals surface area contributed by atoms with Crippen molar-refractivity contribution in [1.82, 2.24) is 15.1 Å². The van der Waals surface area contributed by atoms with Gasteiger partial charge in [0.25, 0.3) is 0 Å². The van der Waals surface area contributed by atoms with E-state index < -0.39 is 0 Å². The topological polar surface area (TPSA) is 58.1 Å². The van der Waals surface area contributed by atoms with Crippen molar-refractivity contribution in [3.05, 3.63) is 53.2 Å².